The second-order valence-electron chi connectivity index (χ2n) is 6.75. The van der Waals surface area contributed by atoms with Gasteiger partial charge in [0, 0.05) is 5.39 Å². The van der Waals surface area contributed by atoms with Crippen LogP contribution in [-0.2, 0) is 4.79 Å². The zero-order chi connectivity index (χ0) is 20.2. The lowest BCUT2D eigenvalue weighted by Crippen LogP contribution is -2.33. The molecule has 1 amide bonds. The zero-order valence-electron chi connectivity index (χ0n) is 16.2. The van der Waals surface area contributed by atoms with Gasteiger partial charge in [-0.25, -0.2) is 9.97 Å². The van der Waals surface area contributed by atoms with Crippen LogP contribution in [0.1, 0.15) is 25.5 Å². The second-order valence-corrected chi connectivity index (χ2v) is 8.08. The number of carbonyl (C=O) groups is 1. The van der Waals surface area contributed by atoms with E-state index in [2.05, 4.69) is 15.3 Å². The molecule has 2 unspecified atom stereocenters. The first-order valence-electron chi connectivity index (χ1n) is 9.44. The van der Waals surface area contributed by atoms with Gasteiger partial charge in [-0.15, -0.1) is 0 Å². The van der Waals surface area contributed by atoms with E-state index in [1.54, 1.807) is 6.26 Å². The lowest BCUT2D eigenvalue weighted by molar-refractivity contribution is -0.120. The lowest BCUT2D eigenvalue weighted by Gasteiger charge is -2.18. The van der Waals surface area contributed by atoms with Crippen molar-refractivity contribution in [2.45, 2.75) is 30.2 Å². The summed E-state index contributed by atoms with van der Waals surface area (Å²) in [6.45, 7) is 3.88. The number of thioether (sulfide) groups is 1. The van der Waals surface area contributed by atoms with Gasteiger partial charge < -0.3 is 9.73 Å². The first kappa shape index (κ1) is 19.2. The average molecular weight is 404 g/mol. The Bertz CT molecular complexity index is 1110. The maximum Gasteiger partial charge on any atom is 0.233 e. The molecule has 146 valence electrons. The van der Waals surface area contributed by atoms with Crippen LogP contribution in [0.3, 0.4) is 0 Å². The predicted molar refractivity (Wildman–Crippen MR) is 116 cm³/mol. The number of carbonyl (C=O) groups excluding carboxylic acids is 1. The van der Waals surface area contributed by atoms with Gasteiger partial charge in [-0.1, -0.05) is 60.3 Å². The molecule has 4 rings (SSSR count). The predicted octanol–water partition coefficient (Wildman–Crippen LogP) is 5.25. The molecule has 0 spiro atoms. The van der Waals surface area contributed by atoms with Gasteiger partial charge in [-0.2, -0.15) is 0 Å². The van der Waals surface area contributed by atoms with E-state index >= 15 is 0 Å². The van der Waals surface area contributed by atoms with Crippen LogP contribution in [0, 0.1) is 0 Å². The molecule has 1 N–H and O–H groups in total. The van der Waals surface area contributed by atoms with E-state index in [0.29, 0.717) is 11.6 Å². The summed E-state index contributed by atoms with van der Waals surface area (Å²) in [6, 6.07) is 21.3. The summed E-state index contributed by atoms with van der Waals surface area (Å²) in [5, 5.41) is 4.45. The quantitative estimate of drug-likeness (QED) is 0.352. The van der Waals surface area contributed by atoms with Gasteiger partial charge in [0.25, 0.3) is 0 Å². The van der Waals surface area contributed by atoms with E-state index in [-0.39, 0.29) is 17.2 Å². The Morgan fingerprint density at radius 2 is 1.72 bits per heavy atom. The highest BCUT2D eigenvalue weighted by molar-refractivity contribution is 8.00. The average Bonchev–Trinajstić information content (AvgIpc) is 3.29. The highest BCUT2D eigenvalue weighted by atomic mass is 32.2. The largest absolute Gasteiger partial charge is 0.461 e. The van der Waals surface area contributed by atoms with Crippen molar-refractivity contribution >= 4 is 28.6 Å². The Morgan fingerprint density at radius 1 is 0.966 bits per heavy atom. The molecule has 0 aliphatic carbocycles. The molecule has 0 bridgehead atoms. The SMILES string of the molecule is CC(Sc1nc(-c2ccco2)nc2ccccc12)C(=O)NC(C)c1ccccc1. The number of fused-ring (bicyclic) bond motifs is 1. The number of benzene rings is 2. The molecule has 5 nitrogen and oxygen atoms in total. The maximum absolute atomic E-state index is 12.8. The summed E-state index contributed by atoms with van der Waals surface area (Å²) < 4.78 is 5.46. The molecular formula is C23H21N3O2S. The maximum atomic E-state index is 12.8. The van der Waals surface area contributed by atoms with Crippen molar-refractivity contribution in [3.63, 3.8) is 0 Å². The van der Waals surface area contributed by atoms with E-state index in [0.717, 1.165) is 21.5 Å². The third kappa shape index (κ3) is 4.32. The number of rotatable bonds is 6. The number of para-hydroxylation sites is 1. The van der Waals surface area contributed by atoms with Crippen molar-refractivity contribution in [1.82, 2.24) is 15.3 Å². The molecule has 2 aromatic carbocycles. The normalized spacial score (nSPS) is 13.2. The smallest absolute Gasteiger partial charge is 0.233 e. The van der Waals surface area contributed by atoms with Crippen molar-refractivity contribution in [3.05, 3.63) is 78.6 Å². The number of hydrogen-bond donors (Lipinski definition) is 1. The van der Waals surface area contributed by atoms with Crippen LogP contribution in [-0.4, -0.2) is 21.1 Å². The second kappa shape index (κ2) is 8.49. The van der Waals surface area contributed by atoms with E-state index in [9.17, 15) is 4.79 Å². The fraction of sp³-hybridized carbons (Fsp3) is 0.174. The Hall–Kier alpha value is -3.12. The van der Waals surface area contributed by atoms with Crippen molar-refractivity contribution in [3.8, 4) is 11.6 Å². The minimum absolute atomic E-state index is 0.0337. The number of aromatic nitrogens is 2. The van der Waals surface area contributed by atoms with Gasteiger partial charge in [0.05, 0.1) is 23.1 Å². The fourth-order valence-corrected chi connectivity index (χ4v) is 3.98. The van der Waals surface area contributed by atoms with Crippen molar-refractivity contribution in [1.29, 1.82) is 0 Å². The van der Waals surface area contributed by atoms with Gasteiger partial charge >= 0.3 is 0 Å². The first-order valence-corrected chi connectivity index (χ1v) is 10.3. The summed E-state index contributed by atoms with van der Waals surface area (Å²) in [7, 11) is 0. The Balaban J connectivity index is 1.57. The number of furan rings is 1. The van der Waals surface area contributed by atoms with Crippen LogP contribution < -0.4 is 5.32 Å². The topological polar surface area (TPSA) is 68.0 Å². The summed E-state index contributed by atoms with van der Waals surface area (Å²) in [5.74, 6) is 1.09. The number of nitrogens with zero attached hydrogens (tertiary/aromatic N) is 2. The fourth-order valence-electron chi connectivity index (χ4n) is 3.03. The van der Waals surface area contributed by atoms with Crippen LogP contribution in [0.2, 0.25) is 0 Å². The molecule has 4 aromatic rings. The van der Waals surface area contributed by atoms with E-state index in [1.807, 2.05) is 80.6 Å². The monoisotopic (exact) mass is 403 g/mol. The number of amides is 1. The summed E-state index contributed by atoms with van der Waals surface area (Å²) in [4.78, 5) is 22.1. The van der Waals surface area contributed by atoms with Crippen molar-refractivity contribution < 1.29 is 9.21 Å². The van der Waals surface area contributed by atoms with E-state index < -0.39 is 0 Å². The molecule has 0 saturated heterocycles. The summed E-state index contributed by atoms with van der Waals surface area (Å²) >= 11 is 1.42. The van der Waals surface area contributed by atoms with Gasteiger partial charge in [0.1, 0.15) is 5.03 Å². The molecule has 6 heteroatoms. The summed E-state index contributed by atoms with van der Waals surface area (Å²) in [6.07, 6.45) is 1.60. The lowest BCUT2D eigenvalue weighted by atomic mass is 10.1. The molecule has 0 aliphatic heterocycles. The summed E-state index contributed by atoms with van der Waals surface area (Å²) in [5.41, 5.74) is 1.90. The molecule has 2 atom stereocenters. The van der Waals surface area contributed by atoms with Gasteiger partial charge in [0.2, 0.25) is 5.91 Å². The van der Waals surface area contributed by atoms with Crippen LogP contribution >= 0.6 is 11.8 Å². The van der Waals surface area contributed by atoms with Crippen LogP contribution in [0.4, 0.5) is 0 Å². The molecule has 0 aliphatic rings. The Kier molecular flexibility index (Phi) is 5.62. The van der Waals surface area contributed by atoms with Crippen molar-refractivity contribution in [2.75, 3.05) is 0 Å². The number of hydrogen-bond acceptors (Lipinski definition) is 5. The molecule has 2 heterocycles. The highest BCUT2D eigenvalue weighted by Gasteiger charge is 2.20. The minimum atomic E-state index is -0.316. The zero-order valence-corrected chi connectivity index (χ0v) is 17.0. The van der Waals surface area contributed by atoms with Crippen LogP contribution in [0.15, 0.2) is 82.4 Å². The molecule has 0 fully saturated rings. The van der Waals surface area contributed by atoms with Gasteiger partial charge in [-0.05, 0) is 37.6 Å². The van der Waals surface area contributed by atoms with Gasteiger partial charge in [-0.3, -0.25) is 4.79 Å². The highest BCUT2D eigenvalue weighted by Crippen LogP contribution is 2.31. The molecule has 0 radical (unpaired) electrons. The van der Waals surface area contributed by atoms with Crippen LogP contribution in [0.5, 0.6) is 0 Å². The number of nitrogens with one attached hydrogen (secondary N) is 1. The van der Waals surface area contributed by atoms with E-state index in [4.69, 9.17) is 4.42 Å². The third-order valence-electron chi connectivity index (χ3n) is 4.63. The standard InChI is InChI=1S/C23H21N3O2S/c1-15(17-9-4-3-5-10-17)24-22(27)16(2)29-23-18-11-6-7-12-19(18)25-21(26-23)20-13-8-14-28-20/h3-16H,1-2H3,(H,24,27). The third-order valence-corrected chi connectivity index (χ3v) is 5.73. The van der Waals surface area contributed by atoms with Gasteiger partial charge in [0.15, 0.2) is 11.6 Å². The Morgan fingerprint density at radius 3 is 2.48 bits per heavy atom. The Labute approximate surface area is 173 Å². The molecular weight excluding hydrogens is 382 g/mol. The van der Waals surface area contributed by atoms with Crippen molar-refractivity contribution in [2.24, 2.45) is 0 Å². The minimum Gasteiger partial charge on any atom is -0.461 e. The van der Waals surface area contributed by atoms with E-state index in [1.165, 1.54) is 11.8 Å². The molecule has 2 aromatic heterocycles. The molecule has 0 saturated carbocycles. The van der Waals surface area contributed by atoms with Crippen LogP contribution in [0.25, 0.3) is 22.5 Å². The first-order chi connectivity index (χ1) is 14.1. The molecule has 29 heavy (non-hydrogen) atoms.